The van der Waals surface area contributed by atoms with Crippen LogP contribution in [0.1, 0.15) is 25.5 Å². The Hall–Kier alpha value is -2.70. The van der Waals surface area contributed by atoms with E-state index in [1.54, 1.807) is 19.2 Å². The van der Waals surface area contributed by atoms with E-state index in [9.17, 15) is 19.1 Å². The molecular formula is C15H16FN3O3. The SMILES string of the molecule is CC(C(=O)NC(C)(C(=O)O)c1ccc(F)cc1)n1cccn1. The number of rotatable bonds is 5. The van der Waals surface area contributed by atoms with Gasteiger partial charge in [-0.3, -0.25) is 9.48 Å². The summed E-state index contributed by atoms with van der Waals surface area (Å²) in [5.41, 5.74) is -1.38. The van der Waals surface area contributed by atoms with Gasteiger partial charge in [-0.15, -0.1) is 0 Å². The maximum absolute atomic E-state index is 13.0. The monoisotopic (exact) mass is 305 g/mol. The first-order valence-electron chi connectivity index (χ1n) is 6.65. The summed E-state index contributed by atoms with van der Waals surface area (Å²) in [4.78, 5) is 23.9. The summed E-state index contributed by atoms with van der Waals surface area (Å²) in [5, 5.41) is 15.9. The summed E-state index contributed by atoms with van der Waals surface area (Å²) < 4.78 is 14.4. The molecular weight excluding hydrogens is 289 g/mol. The molecule has 2 rings (SSSR count). The summed E-state index contributed by atoms with van der Waals surface area (Å²) >= 11 is 0. The van der Waals surface area contributed by atoms with Crippen molar-refractivity contribution in [3.8, 4) is 0 Å². The number of carbonyl (C=O) groups excluding carboxylic acids is 1. The van der Waals surface area contributed by atoms with E-state index in [1.807, 2.05) is 0 Å². The molecule has 2 N–H and O–H groups in total. The highest BCUT2D eigenvalue weighted by molar-refractivity contribution is 5.89. The van der Waals surface area contributed by atoms with Gasteiger partial charge < -0.3 is 10.4 Å². The van der Waals surface area contributed by atoms with Gasteiger partial charge in [0, 0.05) is 12.4 Å². The molecule has 1 amide bonds. The van der Waals surface area contributed by atoms with Crippen molar-refractivity contribution in [2.24, 2.45) is 0 Å². The molecule has 0 aliphatic rings. The maximum atomic E-state index is 13.0. The topological polar surface area (TPSA) is 84.2 Å². The zero-order valence-electron chi connectivity index (χ0n) is 12.2. The molecule has 1 aromatic heterocycles. The van der Waals surface area contributed by atoms with E-state index in [1.165, 1.54) is 29.9 Å². The van der Waals surface area contributed by atoms with E-state index in [0.29, 0.717) is 0 Å². The van der Waals surface area contributed by atoms with Crippen LogP contribution in [-0.2, 0) is 15.1 Å². The fourth-order valence-electron chi connectivity index (χ4n) is 2.01. The number of amides is 1. The lowest BCUT2D eigenvalue weighted by Gasteiger charge is -2.28. The molecule has 2 atom stereocenters. The Morgan fingerprint density at radius 1 is 1.36 bits per heavy atom. The van der Waals surface area contributed by atoms with Gasteiger partial charge in [-0.25, -0.2) is 9.18 Å². The molecule has 0 saturated carbocycles. The number of hydrogen-bond acceptors (Lipinski definition) is 3. The van der Waals surface area contributed by atoms with Gasteiger partial charge >= 0.3 is 5.97 Å². The first-order valence-corrected chi connectivity index (χ1v) is 6.65. The second-order valence-electron chi connectivity index (χ2n) is 5.09. The molecule has 116 valence electrons. The van der Waals surface area contributed by atoms with Crippen molar-refractivity contribution < 1.29 is 19.1 Å². The van der Waals surface area contributed by atoms with Crippen molar-refractivity contribution in [1.82, 2.24) is 15.1 Å². The van der Waals surface area contributed by atoms with E-state index < -0.39 is 29.3 Å². The molecule has 2 unspecified atom stereocenters. The summed E-state index contributed by atoms with van der Waals surface area (Å²) in [5.74, 6) is -2.22. The number of carboxylic acid groups (broad SMARTS) is 1. The number of carbonyl (C=O) groups is 2. The third-order valence-corrected chi connectivity index (χ3v) is 3.52. The van der Waals surface area contributed by atoms with Crippen LogP contribution in [0, 0.1) is 5.82 Å². The molecule has 0 aliphatic carbocycles. The zero-order chi connectivity index (χ0) is 16.3. The molecule has 0 bridgehead atoms. The lowest BCUT2D eigenvalue weighted by atomic mass is 9.91. The van der Waals surface area contributed by atoms with Crippen molar-refractivity contribution in [3.63, 3.8) is 0 Å². The smallest absolute Gasteiger partial charge is 0.333 e. The van der Waals surface area contributed by atoms with Gasteiger partial charge in [-0.05, 0) is 37.6 Å². The Bertz CT molecular complexity index is 670. The van der Waals surface area contributed by atoms with Gasteiger partial charge in [0.15, 0.2) is 5.54 Å². The highest BCUT2D eigenvalue weighted by Crippen LogP contribution is 2.22. The second kappa shape index (κ2) is 5.97. The molecule has 22 heavy (non-hydrogen) atoms. The Kier molecular flexibility index (Phi) is 4.25. The first-order chi connectivity index (χ1) is 10.3. The summed E-state index contributed by atoms with van der Waals surface area (Å²) in [6.45, 7) is 2.96. The molecule has 1 heterocycles. The minimum Gasteiger partial charge on any atom is -0.479 e. The van der Waals surface area contributed by atoms with Crippen molar-refractivity contribution in [2.45, 2.75) is 25.4 Å². The second-order valence-corrected chi connectivity index (χ2v) is 5.09. The Labute approximate surface area is 126 Å². The largest absolute Gasteiger partial charge is 0.479 e. The molecule has 2 aromatic rings. The fraction of sp³-hybridized carbons (Fsp3) is 0.267. The third kappa shape index (κ3) is 2.98. The van der Waals surface area contributed by atoms with E-state index in [0.717, 1.165) is 12.1 Å². The van der Waals surface area contributed by atoms with Crippen LogP contribution in [0.4, 0.5) is 4.39 Å². The van der Waals surface area contributed by atoms with Crippen LogP contribution >= 0.6 is 0 Å². The zero-order valence-corrected chi connectivity index (χ0v) is 12.2. The van der Waals surface area contributed by atoms with E-state index in [4.69, 9.17) is 0 Å². The van der Waals surface area contributed by atoms with Crippen LogP contribution in [0.5, 0.6) is 0 Å². The lowest BCUT2D eigenvalue weighted by Crippen LogP contribution is -2.51. The highest BCUT2D eigenvalue weighted by Gasteiger charge is 2.38. The minimum absolute atomic E-state index is 0.280. The number of benzene rings is 1. The molecule has 0 spiro atoms. The van der Waals surface area contributed by atoms with Crippen LogP contribution in [0.15, 0.2) is 42.7 Å². The summed E-state index contributed by atoms with van der Waals surface area (Å²) in [7, 11) is 0. The summed E-state index contributed by atoms with van der Waals surface area (Å²) in [6, 6.07) is 5.97. The number of nitrogens with one attached hydrogen (secondary N) is 1. The van der Waals surface area contributed by atoms with Crippen molar-refractivity contribution >= 4 is 11.9 Å². The quantitative estimate of drug-likeness (QED) is 0.880. The van der Waals surface area contributed by atoms with Gasteiger partial charge in [0.2, 0.25) is 5.91 Å². The predicted molar refractivity (Wildman–Crippen MR) is 76.5 cm³/mol. The van der Waals surface area contributed by atoms with E-state index in [2.05, 4.69) is 10.4 Å². The molecule has 7 heteroatoms. The molecule has 6 nitrogen and oxygen atoms in total. The highest BCUT2D eigenvalue weighted by atomic mass is 19.1. The standard InChI is InChI=1S/C15H16FN3O3/c1-10(19-9-3-8-17-19)13(20)18-15(2,14(21)22)11-4-6-12(16)7-5-11/h3-10H,1-2H3,(H,18,20)(H,21,22). The fourth-order valence-corrected chi connectivity index (χ4v) is 2.01. The Morgan fingerprint density at radius 3 is 2.50 bits per heavy atom. The minimum atomic E-state index is -1.66. The maximum Gasteiger partial charge on any atom is 0.333 e. The normalized spacial score (nSPS) is 14.9. The van der Waals surface area contributed by atoms with Gasteiger partial charge in [0.05, 0.1) is 0 Å². The van der Waals surface area contributed by atoms with Crippen molar-refractivity contribution in [2.75, 3.05) is 0 Å². The van der Waals surface area contributed by atoms with Crippen LogP contribution in [0.3, 0.4) is 0 Å². The van der Waals surface area contributed by atoms with Crippen LogP contribution in [0.25, 0.3) is 0 Å². The van der Waals surface area contributed by atoms with E-state index in [-0.39, 0.29) is 5.56 Å². The first kappa shape index (κ1) is 15.7. The number of hydrogen-bond donors (Lipinski definition) is 2. The van der Waals surface area contributed by atoms with Crippen LogP contribution < -0.4 is 5.32 Å². The number of aliphatic carboxylic acids is 1. The molecule has 0 radical (unpaired) electrons. The van der Waals surface area contributed by atoms with Gasteiger partial charge in [0.25, 0.3) is 0 Å². The van der Waals surface area contributed by atoms with Gasteiger partial charge in [-0.1, -0.05) is 12.1 Å². The van der Waals surface area contributed by atoms with E-state index >= 15 is 0 Å². The molecule has 0 aliphatic heterocycles. The molecule has 0 fully saturated rings. The average Bonchev–Trinajstić information content (AvgIpc) is 3.00. The third-order valence-electron chi connectivity index (χ3n) is 3.52. The number of halogens is 1. The number of nitrogens with zero attached hydrogens (tertiary/aromatic N) is 2. The molecule has 0 saturated heterocycles. The average molecular weight is 305 g/mol. The number of carboxylic acids is 1. The summed E-state index contributed by atoms with van der Waals surface area (Å²) in [6.07, 6.45) is 3.14. The van der Waals surface area contributed by atoms with Gasteiger partial charge in [-0.2, -0.15) is 5.10 Å². The Morgan fingerprint density at radius 2 is 2.00 bits per heavy atom. The molecule has 1 aromatic carbocycles. The lowest BCUT2D eigenvalue weighted by molar-refractivity contribution is -0.147. The predicted octanol–water partition coefficient (Wildman–Crippen LogP) is 1.70. The van der Waals surface area contributed by atoms with Crippen molar-refractivity contribution in [3.05, 3.63) is 54.1 Å². The van der Waals surface area contributed by atoms with Gasteiger partial charge in [0.1, 0.15) is 11.9 Å². The van der Waals surface area contributed by atoms with Crippen molar-refractivity contribution in [1.29, 1.82) is 0 Å². The number of aromatic nitrogens is 2. The van der Waals surface area contributed by atoms with Crippen LogP contribution in [-0.4, -0.2) is 26.8 Å². The van der Waals surface area contributed by atoms with Crippen LogP contribution in [0.2, 0.25) is 0 Å². The Balaban J connectivity index is 2.27.